The summed E-state index contributed by atoms with van der Waals surface area (Å²) in [5.74, 6) is 0. The molecule has 1 rings (SSSR count). The SMILES string of the molecule is CCN(CCCCCNC)C1CC1. The molecule has 2 nitrogen and oxygen atoms in total. The highest BCUT2D eigenvalue weighted by molar-refractivity contribution is 4.83. The van der Waals surface area contributed by atoms with Crippen LogP contribution in [-0.4, -0.2) is 37.6 Å². The van der Waals surface area contributed by atoms with Crippen LogP contribution in [0.4, 0.5) is 0 Å². The van der Waals surface area contributed by atoms with Crippen LogP contribution in [0, 0.1) is 0 Å². The molecule has 0 atom stereocenters. The molecule has 78 valence electrons. The van der Waals surface area contributed by atoms with Crippen LogP contribution < -0.4 is 5.32 Å². The molecule has 2 heteroatoms. The molecule has 0 radical (unpaired) electrons. The first-order chi connectivity index (χ1) is 6.38. The molecule has 0 heterocycles. The number of rotatable bonds is 8. The highest BCUT2D eigenvalue weighted by atomic mass is 15.2. The summed E-state index contributed by atoms with van der Waals surface area (Å²) in [6.45, 7) is 6.03. The van der Waals surface area contributed by atoms with E-state index in [9.17, 15) is 0 Å². The average Bonchev–Trinajstić information content (AvgIpc) is 2.95. The monoisotopic (exact) mass is 184 g/mol. The first kappa shape index (κ1) is 11.0. The van der Waals surface area contributed by atoms with Gasteiger partial charge in [-0.2, -0.15) is 0 Å². The van der Waals surface area contributed by atoms with Crippen LogP contribution in [-0.2, 0) is 0 Å². The van der Waals surface area contributed by atoms with E-state index in [0.29, 0.717) is 0 Å². The van der Waals surface area contributed by atoms with Crippen LogP contribution in [0.3, 0.4) is 0 Å². The summed E-state index contributed by atoms with van der Waals surface area (Å²) in [6.07, 6.45) is 6.99. The van der Waals surface area contributed by atoms with Crippen LogP contribution in [0.15, 0.2) is 0 Å². The lowest BCUT2D eigenvalue weighted by Gasteiger charge is -2.19. The first-order valence-corrected chi connectivity index (χ1v) is 5.77. The molecular formula is C11H24N2. The topological polar surface area (TPSA) is 15.3 Å². The highest BCUT2D eigenvalue weighted by Gasteiger charge is 2.26. The molecular weight excluding hydrogens is 160 g/mol. The zero-order valence-corrected chi connectivity index (χ0v) is 9.18. The van der Waals surface area contributed by atoms with E-state index in [1.165, 1.54) is 51.7 Å². The lowest BCUT2D eigenvalue weighted by Crippen LogP contribution is -2.26. The van der Waals surface area contributed by atoms with Crippen molar-refractivity contribution < 1.29 is 0 Å². The second-order valence-electron chi connectivity index (χ2n) is 4.02. The Morgan fingerprint density at radius 2 is 2.00 bits per heavy atom. The maximum absolute atomic E-state index is 3.19. The van der Waals surface area contributed by atoms with Gasteiger partial charge in [-0.25, -0.2) is 0 Å². The summed E-state index contributed by atoms with van der Waals surface area (Å²) in [7, 11) is 2.03. The van der Waals surface area contributed by atoms with Gasteiger partial charge in [-0.1, -0.05) is 13.3 Å². The highest BCUT2D eigenvalue weighted by Crippen LogP contribution is 2.26. The van der Waals surface area contributed by atoms with Crippen LogP contribution in [0.5, 0.6) is 0 Å². The van der Waals surface area contributed by atoms with Gasteiger partial charge in [0.1, 0.15) is 0 Å². The van der Waals surface area contributed by atoms with Gasteiger partial charge in [-0.05, 0) is 52.4 Å². The van der Waals surface area contributed by atoms with E-state index in [2.05, 4.69) is 17.1 Å². The second-order valence-corrected chi connectivity index (χ2v) is 4.02. The van der Waals surface area contributed by atoms with Crippen molar-refractivity contribution in [3.05, 3.63) is 0 Å². The molecule has 0 unspecified atom stereocenters. The smallest absolute Gasteiger partial charge is 0.00963 e. The molecule has 0 saturated heterocycles. The second kappa shape index (κ2) is 6.39. The Labute approximate surface area is 82.7 Å². The minimum atomic E-state index is 0.953. The Bertz CT molecular complexity index is 121. The molecule has 0 bridgehead atoms. The lowest BCUT2D eigenvalue weighted by atomic mass is 10.2. The third kappa shape index (κ3) is 4.63. The third-order valence-corrected chi connectivity index (χ3v) is 2.84. The van der Waals surface area contributed by atoms with E-state index < -0.39 is 0 Å². The van der Waals surface area contributed by atoms with Crippen molar-refractivity contribution >= 4 is 0 Å². The maximum atomic E-state index is 3.19. The number of hydrogen-bond donors (Lipinski definition) is 1. The Kier molecular flexibility index (Phi) is 5.40. The molecule has 0 amide bonds. The summed E-state index contributed by atoms with van der Waals surface area (Å²) in [5, 5.41) is 3.19. The first-order valence-electron chi connectivity index (χ1n) is 5.77. The number of unbranched alkanes of at least 4 members (excludes halogenated alkanes) is 2. The lowest BCUT2D eigenvalue weighted by molar-refractivity contribution is 0.271. The van der Waals surface area contributed by atoms with Crippen LogP contribution in [0.2, 0.25) is 0 Å². The maximum Gasteiger partial charge on any atom is 0.00963 e. The molecule has 0 aromatic heterocycles. The minimum Gasteiger partial charge on any atom is -0.320 e. The van der Waals surface area contributed by atoms with E-state index >= 15 is 0 Å². The predicted octanol–water partition coefficient (Wildman–Crippen LogP) is 1.86. The van der Waals surface area contributed by atoms with Gasteiger partial charge >= 0.3 is 0 Å². The quantitative estimate of drug-likeness (QED) is 0.579. The Balaban J connectivity index is 1.90. The molecule has 0 aliphatic heterocycles. The van der Waals surface area contributed by atoms with Crippen molar-refractivity contribution in [2.24, 2.45) is 0 Å². The van der Waals surface area contributed by atoms with Gasteiger partial charge in [0.15, 0.2) is 0 Å². The largest absolute Gasteiger partial charge is 0.320 e. The number of nitrogens with one attached hydrogen (secondary N) is 1. The molecule has 1 saturated carbocycles. The minimum absolute atomic E-state index is 0.953. The summed E-state index contributed by atoms with van der Waals surface area (Å²) < 4.78 is 0. The van der Waals surface area contributed by atoms with Crippen LogP contribution in [0.25, 0.3) is 0 Å². The van der Waals surface area contributed by atoms with Gasteiger partial charge in [-0.15, -0.1) is 0 Å². The summed E-state index contributed by atoms with van der Waals surface area (Å²) in [6, 6.07) is 0.953. The van der Waals surface area contributed by atoms with Gasteiger partial charge in [0.05, 0.1) is 0 Å². The molecule has 0 aromatic rings. The zero-order chi connectivity index (χ0) is 9.52. The van der Waals surface area contributed by atoms with Gasteiger partial charge in [-0.3, -0.25) is 0 Å². The van der Waals surface area contributed by atoms with Crippen molar-refractivity contribution in [1.82, 2.24) is 10.2 Å². The Morgan fingerprint density at radius 3 is 2.54 bits per heavy atom. The van der Waals surface area contributed by atoms with Crippen LogP contribution >= 0.6 is 0 Å². The fourth-order valence-electron chi connectivity index (χ4n) is 1.83. The molecule has 13 heavy (non-hydrogen) atoms. The Morgan fingerprint density at radius 1 is 1.23 bits per heavy atom. The van der Waals surface area contributed by atoms with Crippen molar-refractivity contribution in [3.8, 4) is 0 Å². The van der Waals surface area contributed by atoms with Gasteiger partial charge in [0.2, 0.25) is 0 Å². The third-order valence-electron chi connectivity index (χ3n) is 2.84. The summed E-state index contributed by atoms with van der Waals surface area (Å²) >= 11 is 0. The normalized spacial score (nSPS) is 16.8. The molecule has 1 aliphatic carbocycles. The van der Waals surface area contributed by atoms with E-state index in [1.807, 2.05) is 7.05 Å². The molecule has 1 aliphatic rings. The van der Waals surface area contributed by atoms with Crippen molar-refractivity contribution in [2.75, 3.05) is 26.7 Å². The van der Waals surface area contributed by atoms with Crippen molar-refractivity contribution in [3.63, 3.8) is 0 Å². The summed E-state index contributed by atoms with van der Waals surface area (Å²) in [5.41, 5.74) is 0. The number of hydrogen-bond acceptors (Lipinski definition) is 2. The number of nitrogens with zero attached hydrogens (tertiary/aromatic N) is 1. The molecule has 0 spiro atoms. The molecule has 1 N–H and O–H groups in total. The standard InChI is InChI=1S/C11H24N2/c1-3-13(11-7-8-11)10-6-4-5-9-12-2/h11-12H,3-10H2,1-2H3. The fraction of sp³-hybridized carbons (Fsp3) is 1.00. The Hall–Kier alpha value is -0.0800. The predicted molar refractivity (Wildman–Crippen MR) is 58.0 cm³/mol. The molecule has 1 fully saturated rings. The van der Waals surface area contributed by atoms with E-state index in [4.69, 9.17) is 0 Å². The summed E-state index contributed by atoms with van der Waals surface area (Å²) in [4.78, 5) is 2.64. The van der Waals surface area contributed by atoms with Crippen molar-refractivity contribution in [1.29, 1.82) is 0 Å². The molecule has 0 aromatic carbocycles. The van der Waals surface area contributed by atoms with Crippen molar-refractivity contribution in [2.45, 2.75) is 45.1 Å². The van der Waals surface area contributed by atoms with Gasteiger partial charge in [0.25, 0.3) is 0 Å². The van der Waals surface area contributed by atoms with E-state index in [-0.39, 0.29) is 0 Å². The van der Waals surface area contributed by atoms with Crippen LogP contribution in [0.1, 0.15) is 39.0 Å². The zero-order valence-electron chi connectivity index (χ0n) is 9.18. The average molecular weight is 184 g/mol. The van der Waals surface area contributed by atoms with E-state index in [1.54, 1.807) is 0 Å². The fourth-order valence-corrected chi connectivity index (χ4v) is 1.83. The van der Waals surface area contributed by atoms with Gasteiger partial charge in [0, 0.05) is 6.04 Å². The van der Waals surface area contributed by atoms with Gasteiger partial charge < -0.3 is 10.2 Å². The van der Waals surface area contributed by atoms with E-state index in [0.717, 1.165) is 6.04 Å².